The fraction of sp³-hybridized carbons (Fsp3) is 0.276. The number of amides is 1. The summed E-state index contributed by atoms with van der Waals surface area (Å²) >= 11 is 0. The summed E-state index contributed by atoms with van der Waals surface area (Å²) in [5, 5.41) is 0. The van der Waals surface area contributed by atoms with E-state index in [1.54, 1.807) is 13.3 Å². The molecule has 0 saturated carbocycles. The Morgan fingerprint density at radius 3 is 2.70 bits per heavy atom. The van der Waals surface area contributed by atoms with Crippen LogP contribution in [0.3, 0.4) is 0 Å². The lowest BCUT2D eigenvalue weighted by molar-refractivity contribution is -0.127. The van der Waals surface area contributed by atoms with Gasteiger partial charge in [-0.3, -0.25) is 14.1 Å². The largest absolute Gasteiger partial charge is 0.494 e. The Hall–Kier alpha value is -4.17. The Bertz CT molecular complexity index is 1460. The SMILES string of the molecule is C=CC(=O)N1CCN(CC2COc3cc(-c4nc5ncc(OC)cn5c4-c4ccccc4)ccc32)CC1. The second-order valence-corrected chi connectivity index (χ2v) is 9.43. The number of carbonyl (C=O) groups excluding carboxylic acids is 1. The minimum atomic E-state index is 0.0113. The number of hydrogen-bond donors (Lipinski definition) is 0. The van der Waals surface area contributed by atoms with E-state index in [0.717, 1.165) is 61.0 Å². The Labute approximate surface area is 215 Å². The van der Waals surface area contributed by atoms with E-state index in [9.17, 15) is 4.79 Å². The zero-order valence-corrected chi connectivity index (χ0v) is 20.8. The monoisotopic (exact) mass is 495 g/mol. The topological polar surface area (TPSA) is 72.2 Å². The van der Waals surface area contributed by atoms with Crippen molar-refractivity contribution in [1.82, 2.24) is 24.2 Å². The van der Waals surface area contributed by atoms with Crippen LogP contribution in [0.1, 0.15) is 11.5 Å². The van der Waals surface area contributed by atoms with Crippen LogP contribution in [0.15, 0.2) is 73.6 Å². The second-order valence-electron chi connectivity index (χ2n) is 9.43. The molecule has 2 aliphatic rings. The third-order valence-corrected chi connectivity index (χ3v) is 7.24. The molecule has 0 aliphatic carbocycles. The van der Waals surface area contributed by atoms with Crippen molar-refractivity contribution in [2.75, 3.05) is 46.4 Å². The van der Waals surface area contributed by atoms with Gasteiger partial charge >= 0.3 is 0 Å². The van der Waals surface area contributed by atoms with E-state index in [1.807, 2.05) is 33.7 Å². The first kappa shape index (κ1) is 23.2. The van der Waals surface area contributed by atoms with Gasteiger partial charge in [0, 0.05) is 55.3 Å². The summed E-state index contributed by atoms with van der Waals surface area (Å²) in [6.07, 6.45) is 5.00. The van der Waals surface area contributed by atoms with Gasteiger partial charge in [0.1, 0.15) is 5.75 Å². The highest BCUT2D eigenvalue weighted by Gasteiger charge is 2.29. The number of benzene rings is 2. The molecule has 4 heterocycles. The van der Waals surface area contributed by atoms with E-state index in [0.29, 0.717) is 24.1 Å². The molecule has 8 nitrogen and oxygen atoms in total. The van der Waals surface area contributed by atoms with Gasteiger partial charge in [-0.15, -0.1) is 0 Å². The van der Waals surface area contributed by atoms with E-state index in [4.69, 9.17) is 14.5 Å². The molecule has 1 fully saturated rings. The number of fused-ring (bicyclic) bond motifs is 2. The lowest BCUT2D eigenvalue weighted by Gasteiger charge is -2.35. The Morgan fingerprint density at radius 2 is 1.95 bits per heavy atom. The molecule has 2 aromatic heterocycles. The third-order valence-electron chi connectivity index (χ3n) is 7.24. The van der Waals surface area contributed by atoms with Crippen molar-refractivity contribution in [3.8, 4) is 34.0 Å². The van der Waals surface area contributed by atoms with Gasteiger partial charge in [-0.25, -0.2) is 9.97 Å². The van der Waals surface area contributed by atoms with Crippen LogP contribution in [0.2, 0.25) is 0 Å². The molecule has 2 aliphatic heterocycles. The van der Waals surface area contributed by atoms with Crippen LogP contribution in [-0.2, 0) is 4.79 Å². The number of ether oxygens (including phenoxy) is 2. The first-order chi connectivity index (χ1) is 18.1. The van der Waals surface area contributed by atoms with E-state index >= 15 is 0 Å². The fourth-order valence-corrected chi connectivity index (χ4v) is 5.26. The van der Waals surface area contributed by atoms with E-state index in [2.05, 4.69) is 46.8 Å². The van der Waals surface area contributed by atoms with Gasteiger partial charge in [-0.2, -0.15) is 0 Å². The van der Waals surface area contributed by atoms with Crippen molar-refractivity contribution in [1.29, 1.82) is 0 Å². The Balaban J connectivity index is 1.29. The summed E-state index contributed by atoms with van der Waals surface area (Å²) in [7, 11) is 1.64. The summed E-state index contributed by atoms with van der Waals surface area (Å²) < 4.78 is 13.6. The van der Waals surface area contributed by atoms with Crippen molar-refractivity contribution < 1.29 is 14.3 Å². The number of aromatic nitrogens is 3. The van der Waals surface area contributed by atoms with Crippen LogP contribution in [0.4, 0.5) is 0 Å². The Morgan fingerprint density at radius 1 is 1.14 bits per heavy atom. The van der Waals surface area contributed by atoms with Crippen molar-refractivity contribution in [3.05, 3.63) is 79.1 Å². The standard InChI is InChI=1S/C29H29N5O3/c1-3-26(35)33-13-11-32(12-14-33)17-22-19-37-25-15-21(9-10-24(22)25)27-28(20-7-5-4-6-8-20)34-18-23(36-2)16-30-29(34)31-27/h3-10,15-16,18,22H,1,11-14,17,19H2,2H3. The highest BCUT2D eigenvalue weighted by Crippen LogP contribution is 2.40. The molecule has 1 saturated heterocycles. The molecule has 0 bridgehead atoms. The molecule has 188 valence electrons. The molecule has 37 heavy (non-hydrogen) atoms. The predicted molar refractivity (Wildman–Crippen MR) is 142 cm³/mol. The van der Waals surface area contributed by atoms with Crippen molar-refractivity contribution in [3.63, 3.8) is 0 Å². The maximum absolute atomic E-state index is 11.9. The number of rotatable bonds is 6. The van der Waals surface area contributed by atoms with E-state index in [-0.39, 0.29) is 5.91 Å². The molecule has 1 amide bonds. The van der Waals surface area contributed by atoms with Crippen molar-refractivity contribution >= 4 is 11.7 Å². The van der Waals surface area contributed by atoms with Gasteiger partial charge in [0.05, 0.1) is 37.5 Å². The molecule has 1 unspecified atom stereocenters. The van der Waals surface area contributed by atoms with Gasteiger partial charge < -0.3 is 14.4 Å². The average Bonchev–Trinajstić information content (AvgIpc) is 3.54. The minimum Gasteiger partial charge on any atom is -0.494 e. The highest BCUT2D eigenvalue weighted by atomic mass is 16.5. The average molecular weight is 496 g/mol. The molecule has 0 N–H and O–H groups in total. The van der Waals surface area contributed by atoms with Crippen molar-refractivity contribution in [2.45, 2.75) is 5.92 Å². The van der Waals surface area contributed by atoms with Crippen LogP contribution in [0.25, 0.3) is 28.3 Å². The molecule has 2 aromatic carbocycles. The molecule has 0 radical (unpaired) electrons. The number of imidazole rings is 1. The third kappa shape index (κ3) is 4.34. The maximum atomic E-state index is 11.9. The first-order valence-corrected chi connectivity index (χ1v) is 12.5. The number of hydrogen-bond acceptors (Lipinski definition) is 6. The number of nitrogens with zero attached hydrogens (tertiary/aromatic N) is 5. The number of methoxy groups -OCH3 is 1. The smallest absolute Gasteiger partial charge is 0.246 e. The number of carbonyl (C=O) groups is 1. The van der Waals surface area contributed by atoms with Gasteiger partial charge in [0.2, 0.25) is 11.7 Å². The molecule has 0 spiro atoms. The molecule has 6 rings (SSSR count). The fourth-order valence-electron chi connectivity index (χ4n) is 5.26. The first-order valence-electron chi connectivity index (χ1n) is 12.5. The summed E-state index contributed by atoms with van der Waals surface area (Å²) in [5.74, 6) is 2.50. The van der Waals surface area contributed by atoms with Crippen LogP contribution in [-0.4, -0.2) is 76.5 Å². The normalized spacial score (nSPS) is 17.4. The molecular formula is C29H29N5O3. The minimum absolute atomic E-state index is 0.0113. The quantitative estimate of drug-likeness (QED) is 0.378. The van der Waals surface area contributed by atoms with Crippen molar-refractivity contribution in [2.24, 2.45) is 0 Å². The zero-order chi connectivity index (χ0) is 25.4. The lowest BCUT2D eigenvalue weighted by atomic mass is 9.97. The molecule has 1 atom stereocenters. The van der Waals surface area contributed by atoms with E-state index in [1.165, 1.54) is 11.6 Å². The van der Waals surface area contributed by atoms with Crippen LogP contribution >= 0.6 is 0 Å². The number of piperazine rings is 1. The van der Waals surface area contributed by atoms with Crippen LogP contribution < -0.4 is 9.47 Å². The molecular weight excluding hydrogens is 466 g/mol. The van der Waals surface area contributed by atoms with Gasteiger partial charge in [-0.05, 0) is 12.1 Å². The van der Waals surface area contributed by atoms with Gasteiger partial charge in [-0.1, -0.05) is 49.0 Å². The van der Waals surface area contributed by atoms with E-state index < -0.39 is 0 Å². The zero-order valence-electron chi connectivity index (χ0n) is 20.8. The van der Waals surface area contributed by atoms with Crippen LogP contribution in [0, 0.1) is 0 Å². The molecule has 8 heteroatoms. The van der Waals surface area contributed by atoms with Gasteiger partial charge in [0.25, 0.3) is 0 Å². The summed E-state index contributed by atoms with van der Waals surface area (Å²) in [5.41, 5.74) is 5.07. The highest BCUT2D eigenvalue weighted by molar-refractivity contribution is 5.87. The summed E-state index contributed by atoms with van der Waals surface area (Å²) in [4.78, 5) is 25.6. The molecule has 4 aromatic rings. The Kier molecular flexibility index (Phi) is 6.10. The van der Waals surface area contributed by atoms with Crippen LogP contribution in [0.5, 0.6) is 11.5 Å². The van der Waals surface area contributed by atoms with Gasteiger partial charge in [0.15, 0.2) is 5.75 Å². The predicted octanol–water partition coefficient (Wildman–Crippen LogP) is 3.88. The maximum Gasteiger partial charge on any atom is 0.246 e. The summed E-state index contributed by atoms with van der Waals surface area (Å²) in [6.45, 7) is 8.36. The summed E-state index contributed by atoms with van der Waals surface area (Å²) in [6, 6.07) is 16.6. The lowest BCUT2D eigenvalue weighted by Crippen LogP contribution is -2.49. The second kappa shape index (κ2) is 9.71.